The van der Waals surface area contributed by atoms with E-state index >= 15 is 0 Å². The molecule has 0 radical (unpaired) electrons. The van der Waals surface area contributed by atoms with E-state index in [9.17, 15) is 13.2 Å². The molecule has 0 N–H and O–H groups in total. The van der Waals surface area contributed by atoms with Crippen molar-refractivity contribution in [1.82, 2.24) is 14.2 Å². The highest BCUT2D eigenvalue weighted by Crippen LogP contribution is 2.28. The number of aromatic nitrogens is 1. The van der Waals surface area contributed by atoms with Crippen molar-refractivity contribution >= 4 is 50.6 Å². The third kappa shape index (κ3) is 4.96. The number of rotatable bonds is 6. The van der Waals surface area contributed by atoms with E-state index in [-0.39, 0.29) is 28.9 Å². The van der Waals surface area contributed by atoms with Crippen molar-refractivity contribution in [2.75, 3.05) is 26.2 Å². The Morgan fingerprint density at radius 1 is 1.06 bits per heavy atom. The van der Waals surface area contributed by atoms with Gasteiger partial charge in [0.15, 0.2) is 0 Å². The summed E-state index contributed by atoms with van der Waals surface area (Å²) >= 11 is 9.22. The lowest BCUT2D eigenvalue weighted by atomic mass is 10.2. The second-order valence-electron chi connectivity index (χ2n) is 6.89. The molecule has 1 saturated heterocycles. The van der Waals surface area contributed by atoms with Crippen LogP contribution in [-0.2, 0) is 15.8 Å². The van der Waals surface area contributed by atoms with Gasteiger partial charge in [0.1, 0.15) is 4.90 Å². The number of thiazole rings is 1. The van der Waals surface area contributed by atoms with Crippen molar-refractivity contribution in [2.45, 2.75) is 15.5 Å². The van der Waals surface area contributed by atoms with Gasteiger partial charge in [-0.15, -0.1) is 23.1 Å². The molecule has 3 aromatic rings. The summed E-state index contributed by atoms with van der Waals surface area (Å²) in [6, 6.07) is 13.9. The lowest BCUT2D eigenvalue weighted by Gasteiger charge is -2.34. The van der Waals surface area contributed by atoms with E-state index in [4.69, 9.17) is 11.6 Å². The summed E-state index contributed by atoms with van der Waals surface area (Å²) in [7, 11) is -3.70. The van der Waals surface area contributed by atoms with Crippen LogP contribution in [0.1, 0.15) is 16.1 Å². The number of sulfonamides is 1. The zero-order valence-corrected chi connectivity index (χ0v) is 19.7. The zero-order valence-electron chi connectivity index (χ0n) is 16.5. The summed E-state index contributed by atoms with van der Waals surface area (Å²) in [6.07, 6.45) is 0. The van der Waals surface area contributed by atoms with Crippen LogP contribution in [0.2, 0.25) is 5.02 Å². The third-order valence-electron chi connectivity index (χ3n) is 4.96. The minimum atomic E-state index is -3.70. The summed E-state index contributed by atoms with van der Waals surface area (Å²) in [5.41, 5.74) is 3.41. The van der Waals surface area contributed by atoms with Crippen LogP contribution in [0.25, 0.3) is 0 Å². The van der Waals surface area contributed by atoms with Crippen LogP contribution in [0, 0.1) is 0 Å². The Hall–Kier alpha value is -1.91. The van der Waals surface area contributed by atoms with E-state index in [1.807, 2.05) is 29.6 Å². The minimum Gasteiger partial charge on any atom is -0.336 e. The van der Waals surface area contributed by atoms with Crippen LogP contribution in [0.5, 0.6) is 0 Å². The number of halogens is 1. The third-order valence-corrected chi connectivity index (χ3v) is 9.10. The highest BCUT2D eigenvalue weighted by Gasteiger charge is 2.32. The second kappa shape index (κ2) is 9.70. The van der Waals surface area contributed by atoms with Crippen molar-refractivity contribution in [1.29, 1.82) is 0 Å². The van der Waals surface area contributed by atoms with E-state index < -0.39 is 10.0 Å². The van der Waals surface area contributed by atoms with Crippen LogP contribution in [-0.4, -0.2) is 54.7 Å². The van der Waals surface area contributed by atoms with Crippen molar-refractivity contribution in [3.05, 3.63) is 75.7 Å². The lowest BCUT2D eigenvalue weighted by molar-refractivity contribution is 0.0694. The molecule has 0 saturated carbocycles. The van der Waals surface area contributed by atoms with Gasteiger partial charge >= 0.3 is 0 Å². The maximum absolute atomic E-state index is 13.2. The number of thioether (sulfide) groups is 1. The topological polar surface area (TPSA) is 70.6 Å². The molecule has 1 fully saturated rings. The Balaban J connectivity index is 1.44. The molecule has 0 bridgehead atoms. The normalized spacial score (nSPS) is 15.2. The van der Waals surface area contributed by atoms with Gasteiger partial charge < -0.3 is 4.90 Å². The molecule has 0 aliphatic carbocycles. The maximum Gasteiger partial charge on any atom is 0.255 e. The predicted molar refractivity (Wildman–Crippen MR) is 124 cm³/mol. The SMILES string of the molecule is O=C(c1ccccc1SCc1cscn1)N1CCN(S(=O)(=O)c2ccccc2Cl)CC1. The highest BCUT2D eigenvalue weighted by molar-refractivity contribution is 7.98. The van der Waals surface area contributed by atoms with E-state index in [1.165, 1.54) is 10.4 Å². The van der Waals surface area contributed by atoms with Gasteiger partial charge in [-0.3, -0.25) is 4.79 Å². The molecule has 0 unspecified atom stereocenters. The van der Waals surface area contributed by atoms with Crippen LogP contribution < -0.4 is 0 Å². The van der Waals surface area contributed by atoms with Gasteiger partial charge in [0.2, 0.25) is 10.0 Å². The Morgan fingerprint density at radius 2 is 1.77 bits per heavy atom. The fraction of sp³-hybridized carbons (Fsp3) is 0.238. The molecule has 4 rings (SSSR count). The number of carbonyl (C=O) groups excluding carboxylic acids is 1. The lowest BCUT2D eigenvalue weighted by Crippen LogP contribution is -2.50. The average Bonchev–Trinajstić information content (AvgIpc) is 3.31. The van der Waals surface area contributed by atoms with Crippen LogP contribution >= 0.6 is 34.7 Å². The molecular weight excluding hydrogens is 474 g/mol. The second-order valence-corrected chi connectivity index (χ2v) is 10.9. The molecule has 31 heavy (non-hydrogen) atoms. The van der Waals surface area contributed by atoms with Gasteiger partial charge in [-0.1, -0.05) is 35.9 Å². The number of hydrogen-bond acceptors (Lipinski definition) is 6. The fourth-order valence-electron chi connectivity index (χ4n) is 3.32. The number of benzene rings is 2. The highest BCUT2D eigenvalue weighted by atomic mass is 35.5. The first-order chi connectivity index (χ1) is 15.0. The molecule has 1 amide bonds. The smallest absolute Gasteiger partial charge is 0.255 e. The van der Waals surface area contributed by atoms with Crippen molar-refractivity contribution in [3.8, 4) is 0 Å². The Labute approximate surface area is 194 Å². The summed E-state index contributed by atoms with van der Waals surface area (Å²) < 4.78 is 27.3. The number of carbonyl (C=O) groups is 1. The molecule has 1 aliphatic heterocycles. The fourth-order valence-corrected chi connectivity index (χ4v) is 6.85. The standard InChI is InChI=1S/C21H20ClN3O3S3/c22-18-6-2-4-8-20(18)31(27,28)25-11-9-24(10-12-25)21(26)17-5-1-3-7-19(17)30-14-16-13-29-15-23-16/h1-8,13,15H,9-12,14H2. The molecule has 1 aromatic heterocycles. The minimum absolute atomic E-state index is 0.0869. The van der Waals surface area contributed by atoms with Crippen molar-refractivity contribution in [3.63, 3.8) is 0 Å². The van der Waals surface area contributed by atoms with Crippen molar-refractivity contribution in [2.24, 2.45) is 0 Å². The van der Waals surface area contributed by atoms with Gasteiger partial charge in [0.25, 0.3) is 5.91 Å². The quantitative estimate of drug-likeness (QED) is 0.480. The molecule has 10 heteroatoms. The predicted octanol–water partition coefficient (Wildman–Crippen LogP) is 4.24. The first-order valence-electron chi connectivity index (χ1n) is 9.59. The number of piperazine rings is 1. The zero-order chi connectivity index (χ0) is 21.8. The van der Waals surface area contributed by atoms with E-state index in [2.05, 4.69) is 4.98 Å². The van der Waals surface area contributed by atoms with Crippen molar-refractivity contribution < 1.29 is 13.2 Å². The number of amides is 1. The van der Waals surface area contributed by atoms with Crippen LogP contribution in [0.4, 0.5) is 0 Å². The molecule has 162 valence electrons. The van der Waals surface area contributed by atoms with E-state index in [0.717, 1.165) is 10.6 Å². The summed E-state index contributed by atoms with van der Waals surface area (Å²) in [6.45, 7) is 1.11. The van der Waals surface area contributed by atoms with Gasteiger partial charge in [0, 0.05) is 42.2 Å². The van der Waals surface area contributed by atoms with Crippen LogP contribution in [0.15, 0.2) is 69.2 Å². The van der Waals surface area contributed by atoms with Crippen LogP contribution in [0.3, 0.4) is 0 Å². The molecule has 1 aliphatic rings. The first kappa shape index (κ1) is 22.3. The Bertz CT molecular complexity index is 1160. The van der Waals surface area contributed by atoms with Gasteiger partial charge in [-0.05, 0) is 24.3 Å². The summed E-state index contributed by atoms with van der Waals surface area (Å²) in [5, 5.41) is 2.20. The summed E-state index contributed by atoms with van der Waals surface area (Å²) in [4.78, 5) is 20.2. The first-order valence-corrected chi connectivity index (χ1v) is 13.3. The monoisotopic (exact) mass is 493 g/mol. The van der Waals surface area contributed by atoms with E-state index in [0.29, 0.717) is 24.4 Å². The largest absolute Gasteiger partial charge is 0.336 e. The molecule has 0 atom stereocenters. The number of hydrogen-bond donors (Lipinski definition) is 0. The molecule has 6 nitrogen and oxygen atoms in total. The average molecular weight is 494 g/mol. The molecule has 0 spiro atoms. The van der Waals surface area contributed by atoms with E-state index in [1.54, 1.807) is 51.7 Å². The Morgan fingerprint density at radius 3 is 2.48 bits per heavy atom. The molecular formula is C21H20ClN3O3S3. The summed E-state index contributed by atoms with van der Waals surface area (Å²) in [5.74, 6) is 0.605. The molecule has 2 aromatic carbocycles. The van der Waals surface area contributed by atoms with Gasteiger partial charge in [0.05, 0.1) is 21.8 Å². The Kier molecular flexibility index (Phi) is 6.98. The van der Waals surface area contributed by atoms with Gasteiger partial charge in [-0.2, -0.15) is 4.31 Å². The number of nitrogens with zero attached hydrogens (tertiary/aromatic N) is 3. The van der Waals surface area contributed by atoms with Gasteiger partial charge in [-0.25, -0.2) is 13.4 Å². The molecule has 2 heterocycles. The maximum atomic E-state index is 13.2.